The van der Waals surface area contributed by atoms with Gasteiger partial charge in [-0.05, 0) is 38.4 Å². The average molecular weight is 387 g/mol. The summed E-state index contributed by atoms with van der Waals surface area (Å²) in [6.45, 7) is 3.87. The Morgan fingerprint density at radius 1 is 1.38 bits per heavy atom. The normalized spacial score (nSPS) is 18.3. The summed E-state index contributed by atoms with van der Waals surface area (Å²) < 4.78 is 6.33. The zero-order valence-corrected chi connectivity index (χ0v) is 15.1. The molecule has 4 rings (SSSR count). The van der Waals surface area contributed by atoms with Crippen molar-refractivity contribution in [2.45, 2.75) is 32.4 Å². The van der Waals surface area contributed by atoms with Gasteiger partial charge in [-0.1, -0.05) is 33.2 Å². The first kappa shape index (κ1) is 15.6. The maximum Gasteiger partial charge on any atom is 0.133 e. The molecule has 0 aliphatic carbocycles. The quantitative estimate of drug-likeness (QED) is 0.718. The van der Waals surface area contributed by atoms with Crippen LogP contribution in [0.25, 0.3) is 11.3 Å². The summed E-state index contributed by atoms with van der Waals surface area (Å²) in [7, 11) is 0. The van der Waals surface area contributed by atoms with Crippen molar-refractivity contribution in [3.8, 4) is 11.3 Å². The van der Waals surface area contributed by atoms with Crippen molar-refractivity contribution in [1.29, 1.82) is 0 Å². The van der Waals surface area contributed by atoms with Crippen LogP contribution in [-0.2, 0) is 6.54 Å². The minimum atomic E-state index is 0.327. The summed E-state index contributed by atoms with van der Waals surface area (Å²) in [6, 6.07) is 10.7. The van der Waals surface area contributed by atoms with Gasteiger partial charge in [-0.25, -0.2) is 0 Å². The second kappa shape index (κ2) is 6.53. The second-order valence-electron chi connectivity index (χ2n) is 6.27. The smallest absolute Gasteiger partial charge is 0.133 e. The molecule has 0 radical (unpaired) electrons. The lowest BCUT2D eigenvalue weighted by Crippen LogP contribution is -2.23. The third-order valence-corrected chi connectivity index (χ3v) is 5.05. The molecule has 1 atom stereocenters. The Labute approximate surface area is 149 Å². The van der Waals surface area contributed by atoms with Gasteiger partial charge in [0.25, 0.3) is 0 Å². The number of aromatic nitrogens is 3. The fraction of sp³-hybridized carbons (Fsp3) is 0.333. The zero-order valence-electron chi connectivity index (χ0n) is 13.5. The molecule has 0 bridgehead atoms. The minimum absolute atomic E-state index is 0.327. The van der Waals surface area contributed by atoms with Crippen LogP contribution in [0, 0.1) is 6.92 Å². The van der Waals surface area contributed by atoms with Crippen molar-refractivity contribution in [2.75, 3.05) is 6.54 Å². The monoisotopic (exact) mass is 386 g/mol. The number of aryl methyl sites for hydroxylation is 1. The first-order valence-corrected chi connectivity index (χ1v) is 8.95. The van der Waals surface area contributed by atoms with Crippen LogP contribution in [0.4, 0.5) is 0 Å². The number of likely N-dealkylation sites (tertiary alicyclic amines) is 1. The minimum Gasteiger partial charge on any atom is -0.361 e. The van der Waals surface area contributed by atoms with E-state index in [9.17, 15) is 0 Å². The fourth-order valence-corrected chi connectivity index (χ4v) is 3.84. The molecule has 3 aromatic rings. The Bertz CT molecular complexity index is 841. The van der Waals surface area contributed by atoms with Gasteiger partial charge in [0.2, 0.25) is 0 Å². The summed E-state index contributed by atoms with van der Waals surface area (Å²) in [4.78, 5) is 2.46. The Morgan fingerprint density at radius 2 is 2.29 bits per heavy atom. The molecule has 0 saturated carbocycles. The van der Waals surface area contributed by atoms with Crippen LogP contribution in [0.15, 0.2) is 45.5 Å². The average Bonchev–Trinajstić information content (AvgIpc) is 3.28. The molecule has 1 aromatic carbocycles. The van der Waals surface area contributed by atoms with Crippen LogP contribution in [-0.4, -0.2) is 26.8 Å². The molecular weight excluding hydrogens is 368 g/mol. The molecule has 0 unspecified atom stereocenters. The Hall–Kier alpha value is -1.92. The number of hydrogen-bond donors (Lipinski definition) is 1. The topological polar surface area (TPSA) is 58.0 Å². The third-order valence-electron chi connectivity index (χ3n) is 4.56. The second-order valence-corrected chi connectivity index (χ2v) is 7.19. The molecule has 0 spiro atoms. The molecule has 1 aliphatic rings. The van der Waals surface area contributed by atoms with E-state index in [1.54, 1.807) is 0 Å². The first-order chi connectivity index (χ1) is 11.7. The van der Waals surface area contributed by atoms with E-state index >= 15 is 0 Å². The van der Waals surface area contributed by atoms with Crippen LogP contribution in [0.1, 0.15) is 35.9 Å². The van der Waals surface area contributed by atoms with Gasteiger partial charge in [-0.2, -0.15) is 5.10 Å². The summed E-state index contributed by atoms with van der Waals surface area (Å²) in [5.41, 5.74) is 4.47. The Balaban J connectivity index is 1.59. The van der Waals surface area contributed by atoms with Crippen LogP contribution in [0.5, 0.6) is 0 Å². The summed E-state index contributed by atoms with van der Waals surface area (Å²) in [5, 5.41) is 11.6. The van der Waals surface area contributed by atoms with Crippen molar-refractivity contribution >= 4 is 15.9 Å². The highest BCUT2D eigenvalue weighted by molar-refractivity contribution is 9.10. The molecule has 2 aromatic heterocycles. The van der Waals surface area contributed by atoms with Crippen LogP contribution in [0.2, 0.25) is 0 Å². The molecule has 0 amide bonds. The lowest BCUT2D eigenvalue weighted by Gasteiger charge is -2.22. The van der Waals surface area contributed by atoms with Crippen molar-refractivity contribution in [3.05, 3.63) is 58.0 Å². The van der Waals surface area contributed by atoms with Crippen LogP contribution >= 0.6 is 15.9 Å². The number of rotatable bonds is 4. The van der Waals surface area contributed by atoms with Crippen molar-refractivity contribution in [2.24, 2.45) is 0 Å². The summed E-state index contributed by atoms with van der Waals surface area (Å²) >= 11 is 3.54. The number of hydrogen-bond acceptors (Lipinski definition) is 4. The van der Waals surface area contributed by atoms with Gasteiger partial charge in [-0.15, -0.1) is 0 Å². The van der Waals surface area contributed by atoms with Crippen molar-refractivity contribution < 1.29 is 4.52 Å². The van der Waals surface area contributed by atoms with Crippen molar-refractivity contribution in [1.82, 2.24) is 20.3 Å². The number of halogens is 1. The highest BCUT2D eigenvalue weighted by atomic mass is 79.9. The van der Waals surface area contributed by atoms with E-state index in [1.807, 2.05) is 31.3 Å². The molecule has 6 heteroatoms. The van der Waals surface area contributed by atoms with E-state index in [2.05, 4.69) is 48.3 Å². The van der Waals surface area contributed by atoms with Gasteiger partial charge in [0.15, 0.2) is 0 Å². The largest absolute Gasteiger partial charge is 0.361 e. The number of nitrogens with one attached hydrogen (secondary N) is 1. The molecule has 124 valence electrons. The number of benzene rings is 1. The van der Waals surface area contributed by atoms with E-state index in [1.165, 1.54) is 12.0 Å². The molecular formula is C18H19BrN4O. The molecule has 5 nitrogen and oxygen atoms in total. The van der Waals surface area contributed by atoms with Gasteiger partial charge in [-0.3, -0.25) is 10.00 Å². The first-order valence-electron chi connectivity index (χ1n) is 8.16. The SMILES string of the molecule is Cc1cc([C@H]2CCCN2Cc2cn[nH]c2-c2cccc(Br)c2)no1. The van der Waals surface area contributed by atoms with Gasteiger partial charge in [0.1, 0.15) is 11.5 Å². The van der Waals surface area contributed by atoms with E-state index in [-0.39, 0.29) is 0 Å². The summed E-state index contributed by atoms with van der Waals surface area (Å²) in [6.07, 6.45) is 4.23. The molecule has 24 heavy (non-hydrogen) atoms. The predicted molar refractivity (Wildman–Crippen MR) is 95.3 cm³/mol. The maximum absolute atomic E-state index is 5.27. The number of nitrogens with zero attached hydrogens (tertiary/aromatic N) is 3. The van der Waals surface area contributed by atoms with Gasteiger partial charge < -0.3 is 4.52 Å². The fourth-order valence-electron chi connectivity index (χ4n) is 3.44. The van der Waals surface area contributed by atoms with Crippen molar-refractivity contribution in [3.63, 3.8) is 0 Å². The zero-order chi connectivity index (χ0) is 16.5. The Morgan fingerprint density at radius 3 is 3.08 bits per heavy atom. The Kier molecular flexibility index (Phi) is 4.24. The van der Waals surface area contributed by atoms with E-state index in [0.717, 1.165) is 46.7 Å². The van der Waals surface area contributed by atoms with Gasteiger partial charge >= 0.3 is 0 Å². The maximum atomic E-state index is 5.27. The molecule has 1 N–H and O–H groups in total. The standard InChI is InChI=1S/C18H19BrN4O/c1-12-8-16(22-24-12)17-6-3-7-23(17)11-14-10-20-21-18(14)13-4-2-5-15(19)9-13/h2,4-5,8-10,17H,3,6-7,11H2,1H3,(H,20,21)/t17-/m1/s1. The third kappa shape index (κ3) is 3.03. The number of H-pyrrole nitrogens is 1. The van der Waals surface area contributed by atoms with E-state index in [0.29, 0.717) is 6.04 Å². The van der Waals surface area contributed by atoms with Gasteiger partial charge in [0, 0.05) is 28.2 Å². The lowest BCUT2D eigenvalue weighted by atomic mass is 10.1. The van der Waals surface area contributed by atoms with Crippen LogP contribution < -0.4 is 0 Å². The van der Waals surface area contributed by atoms with Gasteiger partial charge in [0.05, 0.1) is 17.9 Å². The van der Waals surface area contributed by atoms with E-state index < -0.39 is 0 Å². The van der Waals surface area contributed by atoms with Crippen LogP contribution in [0.3, 0.4) is 0 Å². The number of aromatic amines is 1. The van der Waals surface area contributed by atoms with E-state index in [4.69, 9.17) is 4.52 Å². The molecule has 1 saturated heterocycles. The lowest BCUT2D eigenvalue weighted by molar-refractivity contribution is 0.237. The highest BCUT2D eigenvalue weighted by Gasteiger charge is 2.29. The molecule has 1 aliphatic heterocycles. The highest BCUT2D eigenvalue weighted by Crippen LogP contribution is 2.34. The summed E-state index contributed by atoms with van der Waals surface area (Å²) in [5.74, 6) is 0.870. The molecule has 3 heterocycles. The molecule has 1 fully saturated rings. The predicted octanol–water partition coefficient (Wildman–Crippen LogP) is 4.47.